The summed E-state index contributed by atoms with van der Waals surface area (Å²) in [5, 5.41) is 14.2. The summed E-state index contributed by atoms with van der Waals surface area (Å²) >= 11 is 5.56. The number of nitrogens with one attached hydrogen (secondary N) is 1. The molecular formula is C13H10BrIN2O2. The fraction of sp³-hybridized carbons (Fsp3) is 0.0769. The number of para-hydroxylation sites is 1. The van der Waals surface area contributed by atoms with Crippen molar-refractivity contribution < 1.29 is 4.92 Å². The Morgan fingerprint density at radius 3 is 2.68 bits per heavy atom. The van der Waals surface area contributed by atoms with Gasteiger partial charge in [-0.15, -0.1) is 0 Å². The highest BCUT2D eigenvalue weighted by Gasteiger charge is 2.13. The average molecular weight is 433 g/mol. The molecule has 0 spiro atoms. The standard InChI is InChI=1S/C13H10BrIN2O2/c14-10-5-6-13(17(18)19)9(7-10)8-16-12-4-2-1-3-11(12)15/h1-7,16H,8H2. The van der Waals surface area contributed by atoms with Crippen molar-refractivity contribution >= 4 is 49.9 Å². The summed E-state index contributed by atoms with van der Waals surface area (Å²) in [5.41, 5.74) is 1.75. The highest BCUT2D eigenvalue weighted by Crippen LogP contribution is 2.25. The van der Waals surface area contributed by atoms with E-state index in [0.717, 1.165) is 13.7 Å². The third kappa shape index (κ3) is 3.66. The number of hydrogen-bond donors (Lipinski definition) is 1. The molecule has 0 radical (unpaired) electrons. The molecule has 2 aromatic rings. The molecule has 0 aromatic heterocycles. The molecule has 98 valence electrons. The normalized spacial score (nSPS) is 10.2. The summed E-state index contributed by atoms with van der Waals surface area (Å²) < 4.78 is 1.91. The van der Waals surface area contributed by atoms with E-state index in [9.17, 15) is 10.1 Å². The lowest BCUT2D eigenvalue weighted by atomic mass is 10.2. The smallest absolute Gasteiger partial charge is 0.274 e. The van der Waals surface area contributed by atoms with Crippen LogP contribution in [0.4, 0.5) is 11.4 Å². The number of nitro benzene ring substituents is 1. The third-order valence-electron chi connectivity index (χ3n) is 2.58. The van der Waals surface area contributed by atoms with E-state index < -0.39 is 0 Å². The number of nitro groups is 1. The first-order valence-electron chi connectivity index (χ1n) is 5.49. The highest BCUT2D eigenvalue weighted by molar-refractivity contribution is 14.1. The third-order valence-corrected chi connectivity index (χ3v) is 4.02. The molecule has 0 aliphatic heterocycles. The molecule has 0 saturated carbocycles. The Bertz CT molecular complexity index is 619. The first-order chi connectivity index (χ1) is 9.08. The van der Waals surface area contributed by atoms with Crippen molar-refractivity contribution in [2.75, 3.05) is 5.32 Å². The van der Waals surface area contributed by atoms with Gasteiger partial charge in [-0.1, -0.05) is 28.1 Å². The fourth-order valence-electron chi connectivity index (χ4n) is 1.67. The quantitative estimate of drug-likeness (QED) is 0.437. The van der Waals surface area contributed by atoms with Crippen LogP contribution < -0.4 is 5.32 Å². The van der Waals surface area contributed by atoms with Gasteiger partial charge in [-0.2, -0.15) is 0 Å². The van der Waals surface area contributed by atoms with E-state index in [1.54, 1.807) is 12.1 Å². The zero-order chi connectivity index (χ0) is 13.8. The number of anilines is 1. The van der Waals surface area contributed by atoms with Crippen LogP contribution in [0.15, 0.2) is 46.9 Å². The van der Waals surface area contributed by atoms with Crippen molar-refractivity contribution in [3.8, 4) is 0 Å². The predicted octanol–water partition coefficient (Wildman–Crippen LogP) is 4.57. The Hall–Kier alpha value is -1.15. The monoisotopic (exact) mass is 432 g/mol. The van der Waals surface area contributed by atoms with Crippen LogP contribution in [0, 0.1) is 13.7 Å². The zero-order valence-corrected chi connectivity index (χ0v) is 13.5. The maximum atomic E-state index is 11.0. The molecule has 4 nitrogen and oxygen atoms in total. The van der Waals surface area contributed by atoms with Gasteiger partial charge in [0.25, 0.3) is 5.69 Å². The minimum absolute atomic E-state index is 0.127. The van der Waals surface area contributed by atoms with Crippen molar-refractivity contribution in [1.29, 1.82) is 0 Å². The van der Waals surface area contributed by atoms with Crippen LogP contribution in [0.5, 0.6) is 0 Å². The Labute approximate surface area is 132 Å². The van der Waals surface area contributed by atoms with E-state index in [1.165, 1.54) is 6.07 Å². The maximum Gasteiger partial charge on any atom is 0.274 e. The van der Waals surface area contributed by atoms with Gasteiger partial charge in [0.2, 0.25) is 0 Å². The largest absolute Gasteiger partial charge is 0.380 e. The van der Waals surface area contributed by atoms with Crippen molar-refractivity contribution in [3.63, 3.8) is 0 Å². The maximum absolute atomic E-state index is 11.0. The van der Waals surface area contributed by atoms with Gasteiger partial charge >= 0.3 is 0 Å². The fourth-order valence-corrected chi connectivity index (χ4v) is 2.66. The van der Waals surface area contributed by atoms with Gasteiger partial charge in [0.15, 0.2) is 0 Å². The lowest BCUT2D eigenvalue weighted by Crippen LogP contribution is -2.04. The number of hydrogen-bond acceptors (Lipinski definition) is 3. The van der Waals surface area contributed by atoms with E-state index in [0.29, 0.717) is 12.1 Å². The molecule has 0 aliphatic rings. The molecule has 1 N–H and O–H groups in total. The molecular weight excluding hydrogens is 423 g/mol. The summed E-state index contributed by atoms with van der Waals surface area (Å²) in [5.74, 6) is 0. The molecule has 0 unspecified atom stereocenters. The Balaban J connectivity index is 2.22. The van der Waals surface area contributed by atoms with Gasteiger partial charge in [-0.25, -0.2) is 0 Å². The summed E-state index contributed by atoms with van der Waals surface area (Å²) in [6, 6.07) is 12.8. The molecule has 0 saturated heterocycles. The average Bonchev–Trinajstić information content (AvgIpc) is 2.37. The highest BCUT2D eigenvalue weighted by atomic mass is 127. The lowest BCUT2D eigenvalue weighted by molar-refractivity contribution is -0.385. The van der Waals surface area contributed by atoms with Crippen LogP contribution >= 0.6 is 38.5 Å². The van der Waals surface area contributed by atoms with Crippen LogP contribution in [0.25, 0.3) is 0 Å². The van der Waals surface area contributed by atoms with Crippen LogP contribution in [0.1, 0.15) is 5.56 Å². The van der Waals surface area contributed by atoms with Crippen molar-refractivity contribution in [2.24, 2.45) is 0 Å². The summed E-state index contributed by atoms with van der Waals surface area (Å²) in [7, 11) is 0. The Morgan fingerprint density at radius 1 is 1.26 bits per heavy atom. The van der Waals surface area contributed by atoms with Gasteiger partial charge in [-0.05, 0) is 46.9 Å². The van der Waals surface area contributed by atoms with Crippen LogP contribution in [-0.2, 0) is 6.54 Å². The molecule has 19 heavy (non-hydrogen) atoms. The van der Waals surface area contributed by atoms with Crippen molar-refractivity contribution in [1.82, 2.24) is 0 Å². The molecule has 0 atom stereocenters. The second-order valence-electron chi connectivity index (χ2n) is 3.86. The van der Waals surface area contributed by atoms with Gasteiger partial charge < -0.3 is 5.32 Å². The molecule has 0 amide bonds. The number of nitrogens with zero attached hydrogens (tertiary/aromatic N) is 1. The molecule has 0 aliphatic carbocycles. The molecule has 2 rings (SSSR count). The molecule has 2 aromatic carbocycles. The van der Waals surface area contributed by atoms with Gasteiger partial charge in [0.1, 0.15) is 0 Å². The van der Waals surface area contributed by atoms with E-state index >= 15 is 0 Å². The molecule has 0 heterocycles. The number of halogens is 2. The van der Waals surface area contributed by atoms with Crippen LogP contribution in [0.3, 0.4) is 0 Å². The minimum atomic E-state index is -0.362. The van der Waals surface area contributed by atoms with E-state index in [1.807, 2.05) is 24.3 Å². The van der Waals surface area contributed by atoms with Crippen molar-refractivity contribution in [2.45, 2.75) is 6.54 Å². The second kappa shape index (κ2) is 6.33. The van der Waals surface area contributed by atoms with Gasteiger partial charge in [0, 0.05) is 31.9 Å². The number of rotatable bonds is 4. The second-order valence-corrected chi connectivity index (χ2v) is 5.94. The van der Waals surface area contributed by atoms with E-state index in [2.05, 4.69) is 43.8 Å². The Kier molecular flexibility index (Phi) is 4.76. The van der Waals surface area contributed by atoms with E-state index in [4.69, 9.17) is 0 Å². The SMILES string of the molecule is O=[N+]([O-])c1ccc(Br)cc1CNc1ccccc1I. The first kappa shape index (κ1) is 14.3. The molecule has 0 bridgehead atoms. The summed E-state index contributed by atoms with van der Waals surface area (Å²) in [4.78, 5) is 10.6. The predicted molar refractivity (Wildman–Crippen MR) is 87.3 cm³/mol. The topological polar surface area (TPSA) is 55.2 Å². The zero-order valence-electron chi connectivity index (χ0n) is 9.77. The van der Waals surface area contributed by atoms with Crippen LogP contribution in [0.2, 0.25) is 0 Å². The van der Waals surface area contributed by atoms with Crippen molar-refractivity contribution in [3.05, 3.63) is 66.2 Å². The molecule has 0 fully saturated rings. The lowest BCUT2D eigenvalue weighted by Gasteiger charge is -2.09. The summed E-state index contributed by atoms with van der Waals surface area (Å²) in [6.45, 7) is 0.412. The van der Waals surface area contributed by atoms with Gasteiger partial charge in [-0.3, -0.25) is 10.1 Å². The Morgan fingerprint density at radius 2 is 2.00 bits per heavy atom. The van der Waals surface area contributed by atoms with Gasteiger partial charge in [0.05, 0.1) is 4.92 Å². The minimum Gasteiger partial charge on any atom is -0.380 e. The first-order valence-corrected chi connectivity index (χ1v) is 7.36. The molecule has 6 heteroatoms. The van der Waals surface area contributed by atoms with Crippen LogP contribution in [-0.4, -0.2) is 4.92 Å². The van der Waals surface area contributed by atoms with E-state index in [-0.39, 0.29) is 10.6 Å². The summed E-state index contributed by atoms with van der Waals surface area (Å²) in [6.07, 6.45) is 0. The number of benzene rings is 2.